The number of nitriles is 1. The van der Waals surface area contributed by atoms with E-state index in [0.29, 0.717) is 12.5 Å². The van der Waals surface area contributed by atoms with Gasteiger partial charge in [-0.15, -0.1) is 0 Å². The lowest BCUT2D eigenvalue weighted by Crippen LogP contribution is -2.18. The highest BCUT2D eigenvalue weighted by molar-refractivity contribution is 5.08. The van der Waals surface area contributed by atoms with Crippen LogP contribution in [0.5, 0.6) is 0 Å². The summed E-state index contributed by atoms with van der Waals surface area (Å²) in [6, 6.07) is 4.56. The largest absolute Gasteiger partial charge is 0.304 e. The molecule has 1 atom stereocenters. The summed E-state index contributed by atoms with van der Waals surface area (Å²) in [6.45, 7) is 2.16. The molecule has 1 aromatic heterocycles. The zero-order chi connectivity index (χ0) is 9.97. The van der Waals surface area contributed by atoms with Crippen LogP contribution in [-0.4, -0.2) is 34.8 Å². The van der Waals surface area contributed by atoms with Gasteiger partial charge in [-0.3, -0.25) is 4.68 Å². The van der Waals surface area contributed by atoms with E-state index >= 15 is 0 Å². The fourth-order valence-electron chi connectivity index (χ4n) is 2.00. The average molecular weight is 190 g/mol. The molecule has 1 aliphatic heterocycles. The molecule has 1 fully saturated rings. The summed E-state index contributed by atoms with van der Waals surface area (Å²) in [6.07, 6.45) is 3.38. The van der Waals surface area contributed by atoms with Gasteiger partial charge in [0.15, 0.2) is 0 Å². The molecule has 0 spiro atoms. The maximum atomic E-state index is 8.66. The van der Waals surface area contributed by atoms with Crippen molar-refractivity contribution in [2.75, 3.05) is 20.1 Å². The number of rotatable bonds is 2. The van der Waals surface area contributed by atoms with Gasteiger partial charge in [-0.05, 0) is 26.1 Å². The molecule has 1 unspecified atom stereocenters. The van der Waals surface area contributed by atoms with E-state index in [2.05, 4.69) is 23.1 Å². The van der Waals surface area contributed by atoms with E-state index in [1.165, 1.54) is 0 Å². The van der Waals surface area contributed by atoms with Crippen molar-refractivity contribution in [2.45, 2.75) is 18.9 Å². The maximum absolute atomic E-state index is 8.66. The molecule has 0 aromatic carbocycles. The molecule has 0 amide bonds. The highest BCUT2D eigenvalue weighted by atomic mass is 15.3. The van der Waals surface area contributed by atoms with Gasteiger partial charge in [0.05, 0.1) is 24.2 Å². The van der Waals surface area contributed by atoms with Crippen molar-refractivity contribution in [1.82, 2.24) is 14.7 Å². The minimum atomic E-state index is 0.457. The van der Waals surface area contributed by atoms with Crippen LogP contribution in [0.2, 0.25) is 0 Å². The predicted molar refractivity (Wildman–Crippen MR) is 52.7 cm³/mol. The maximum Gasteiger partial charge on any atom is 0.0771 e. The Morgan fingerprint density at radius 3 is 3.21 bits per heavy atom. The third kappa shape index (κ3) is 1.64. The Labute approximate surface area is 83.7 Å². The minimum Gasteiger partial charge on any atom is -0.304 e. The first-order valence-corrected chi connectivity index (χ1v) is 4.89. The van der Waals surface area contributed by atoms with Crippen molar-refractivity contribution >= 4 is 0 Å². The first-order chi connectivity index (χ1) is 6.81. The molecule has 1 saturated heterocycles. The number of hydrogen-bond donors (Lipinski definition) is 0. The van der Waals surface area contributed by atoms with Gasteiger partial charge in [0, 0.05) is 12.7 Å². The zero-order valence-electron chi connectivity index (χ0n) is 8.35. The topological polar surface area (TPSA) is 44.9 Å². The smallest absolute Gasteiger partial charge is 0.0771 e. The lowest BCUT2D eigenvalue weighted by Gasteiger charge is -2.13. The Kier molecular flexibility index (Phi) is 2.51. The fraction of sp³-hybridized carbons (Fsp3) is 0.600. The highest BCUT2D eigenvalue weighted by Gasteiger charge is 2.22. The van der Waals surface area contributed by atoms with Crippen LogP contribution < -0.4 is 0 Å². The Morgan fingerprint density at radius 1 is 1.71 bits per heavy atom. The average Bonchev–Trinajstić information content (AvgIpc) is 2.74. The molecule has 0 radical (unpaired) electrons. The van der Waals surface area contributed by atoms with Crippen molar-refractivity contribution < 1.29 is 0 Å². The number of likely N-dealkylation sites (tertiary alicyclic amines) is 1. The van der Waals surface area contributed by atoms with Crippen LogP contribution >= 0.6 is 0 Å². The number of nitrogens with zero attached hydrogens (tertiary/aromatic N) is 4. The SMILES string of the molecule is CN1CCC(n2nccc2CC#N)C1. The highest BCUT2D eigenvalue weighted by Crippen LogP contribution is 2.21. The van der Waals surface area contributed by atoms with Gasteiger partial charge in [-0.1, -0.05) is 0 Å². The molecular formula is C10H14N4. The van der Waals surface area contributed by atoms with Crippen molar-refractivity contribution in [1.29, 1.82) is 5.26 Å². The van der Waals surface area contributed by atoms with Crippen LogP contribution in [0, 0.1) is 11.3 Å². The normalized spacial score (nSPS) is 22.4. The van der Waals surface area contributed by atoms with Gasteiger partial charge in [0.1, 0.15) is 0 Å². The second-order valence-electron chi connectivity index (χ2n) is 3.81. The van der Waals surface area contributed by atoms with Crippen LogP contribution in [0.25, 0.3) is 0 Å². The summed E-state index contributed by atoms with van der Waals surface area (Å²) >= 11 is 0. The molecule has 2 heterocycles. The molecule has 14 heavy (non-hydrogen) atoms. The lowest BCUT2D eigenvalue weighted by molar-refractivity contribution is 0.379. The van der Waals surface area contributed by atoms with E-state index in [4.69, 9.17) is 5.26 Å². The van der Waals surface area contributed by atoms with Crippen LogP contribution in [0.3, 0.4) is 0 Å². The van der Waals surface area contributed by atoms with Crippen LogP contribution in [0.1, 0.15) is 18.2 Å². The molecule has 0 aliphatic carbocycles. The summed E-state index contributed by atoms with van der Waals surface area (Å²) in [5, 5.41) is 12.9. The van der Waals surface area contributed by atoms with Gasteiger partial charge in [0.25, 0.3) is 0 Å². The minimum absolute atomic E-state index is 0.457. The van der Waals surface area contributed by atoms with Crippen LogP contribution in [0.15, 0.2) is 12.3 Å². The van der Waals surface area contributed by atoms with E-state index in [1.54, 1.807) is 6.20 Å². The Morgan fingerprint density at radius 2 is 2.57 bits per heavy atom. The zero-order valence-corrected chi connectivity index (χ0v) is 8.35. The molecule has 1 aliphatic rings. The van der Waals surface area contributed by atoms with Crippen molar-refractivity contribution in [3.05, 3.63) is 18.0 Å². The van der Waals surface area contributed by atoms with E-state index in [9.17, 15) is 0 Å². The second kappa shape index (κ2) is 3.81. The summed E-state index contributed by atoms with van der Waals surface area (Å²) in [7, 11) is 2.12. The van der Waals surface area contributed by atoms with Gasteiger partial charge >= 0.3 is 0 Å². The monoisotopic (exact) mass is 190 g/mol. The predicted octanol–water partition coefficient (Wildman–Crippen LogP) is 0.826. The van der Waals surface area contributed by atoms with E-state index in [1.807, 2.05) is 10.7 Å². The molecular weight excluding hydrogens is 176 g/mol. The number of likely N-dealkylation sites (N-methyl/N-ethyl adjacent to an activating group) is 1. The quantitative estimate of drug-likeness (QED) is 0.693. The van der Waals surface area contributed by atoms with Gasteiger partial charge in [-0.25, -0.2) is 0 Å². The molecule has 4 nitrogen and oxygen atoms in total. The summed E-state index contributed by atoms with van der Waals surface area (Å²) in [5.41, 5.74) is 1.04. The Balaban J connectivity index is 2.16. The molecule has 0 saturated carbocycles. The standard InChI is InChI=1S/C10H14N4/c1-13-7-4-10(8-13)14-9(2-5-11)3-6-12-14/h3,6,10H,2,4,7-8H2,1H3. The third-order valence-corrected chi connectivity index (χ3v) is 2.72. The van der Waals surface area contributed by atoms with Crippen LogP contribution in [-0.2, 0) is 6.42 Å². The molecule has 0 N–H and O–H groups in total. The van der Waals surface area contributed by atoms with Gasteiger partial charge < -0.3 is 4.90 Å². The van der Waals surface area contributed by atoms with Gasteiger partial charge in [-0.2, -0.15) is 10.4 Å². The second-order valence-corrected chi connectivity index (χ2v) is 3.81. The van der Waals surface area contributed by atoms with Crippen molar-refractivity contribution in [3.63, 3.8) is 0 Å². The molecule has 4 heteroatoms. The molecule has 2 rings (SSSR count). The van der Waals surface area contributed by atoms with E-state index in [0.717, 1.165) is 25.2 Å². The summed E-state index contributed by atoms with van der Waals surface area (Å²) < 4.78 is 2.01. The van der Waals surface area contributed by atoms with E-state index in [-0.39, 0.29) is 0 Å². The van der Waals surface area contributed by atoms with Crippen molar-refractivity contribution in [2.24, 2.45) is 0 Å². The fourth-order valence-corrected chi connectivity index (χ4v) is 2.00. The Hall–Kier alpha value is -1.34. The number of hydrogen-bond acceptors (Lipinski definition) is 3. The molecule has 1 aromatic rings. The van der Waals surface area contributed by atoms with Crippen molar-refractivity contribution in [3.8, 4) is 6.07 Å². The lowest BCUT2D eigenvalue weighted by atomic mass is 10.2. The first-order valence-electron chi connectivity index (χ1n) is 4.89. The number of aromatic nitrogens is 2. The third-order valence-electron chi connectivity index (χ3n) is 2.72. The van der Waals surface area contributed by atoms with Crippen LogP contribution in [0.4, 0.5) is 0 Å². The summed E-state index contributed by atoms with van der Waals surface area (Å²) in [5.74, 6) is 0. The molecule has 0 bridgehead atoms. The molecule has 74 valence electrons. The summed E-state index contributed by atoms with van der Waals surface area (Å²) in [4.78, 5) is 2.29. The van der Waals surface area contributed by atoms with Gasteiger partial charge in [0.2, 0.25) is 0 Å². The van der Waals surface area contributed by atoms with E-state index < -0.39 is 0 Å². The Bertz CT molecular complexity index is 349. The first kappa shape index (κ1) is 9.22.